The summed E-state index contributed by atoms with van der Waals surface area (Å²) in [5.41, 5.74) is 4.73. The van der Waals surface area contributed by atoms with Crippen molar-refractivity contribution in [3.05, 3.63) is 65.8 Å². The van der Waals surface area contributed by atoms with Crippen molar-refractivity contribution in [1.29, 1.82) is 0 Å². The van der Waals surface area contributed by atoms with Crippen molar-refractivity contribution in [3.63, 3.8) is 0 Å². The van der Waals surface area contributed by atoms with E-state index in [-0.39, 0.29) is 13.0 Å². The number of carboxylic acid groups (broad SMARTS) is 1. The van der Waals surface area contributed by atoms with Crippen molar-refractivity contribution in [2.75, 3.05) is 17.2 Å². The molecule has 2 aromatic heterocycles. The highest BCUT2D eigenvalue weighted by Gasteiger charge is 2.15. The number of carboxylic acids is 1. The van der Waals surface area contributed by atoms with Gasteiger partial charge < -0.3 is 20.8 Å². The predicted octanol–water partition coefficient (Wildman–Crippen LogP) is 4.28. The normalized spacial score (nSPS) is 12.0. The van der Waals surface area contributed by atoms with Crippen LogP contribution in [0.4, 0.5) is 17.2 Å². The van der Waals surface area contributed by atoms with Gasteiger partial charge in [-0.2, -0.15) is 5.10 Å². The van der Waals surface area contributed by atoms with Crippen LogP contribution in [0, 0.1) is 0 Å². The Morgan fingerprint density at radius 2 is 1.97 bits per heavy atom. The fourth-order valence-electron chi connectivity index (χ4n) is 3.42. The fraction of sp³-hybridized carbons (Fsp3) is 0.174. The van der Waals surface area contributed by atoms with Gasteiger partial charge in [0.05, 0.1) is 40.6 Å². The van der Waals surface area contributed by atoms with Crippen molar-refractivity contribution in [1.82, 2.24) is 14.8 Å². The summed E-state index contributed by atoms with van der Waals surface area (Å²) in [6.07, 6.45) is 0.293. The number of halogens is 1. The number of anilines is 3. The number of hydrogen-bond donors (Lipinski definition) is 4. The molecule has 2 aromatic carbocycles. The SMILES string of the molecule is Cn1nc(Nc2cccc(-c3ccccc3)c2Cl)c2ncc(NCC(O)CC(=O)O)cc21. The van der Waals surface area contributed by atoms with Crippen LogP contribution in [0.25, 0.3) is 22.2 Å². The molecule has 0 saturated carbocycles. The van der Waals surface area contributed by atoms with E-state index in [2.05, 4.69) is 20.7 Å². The van der Waals surface area contributed by atoms with E-state index in [1.807, 2.05) is 54.6 Å². The molecule has 1 unspecified atom stereocenters. The van der Waals surface area contributed by atoms with E-state index in [4.69, 9.17) is 16.7 Å². The summed E-state index contributed by atoms with van der Waals surface area (Å²) in [5.74, 6) is -0.489. The van der Waals surface area contributed by atoms with E-state index in [9.17, 15) is 9.90 Å². The van der Waals surface area contributed by atoms with E-state index < -0.39 is 12.1 Å². The third-order valence-electron chi connectivity index (χ3n) is 4.98. The molecule has 0 saturated heterocycles. The lowest BCUT2D eigenvalue weighted by Gasteiger charge is -2.11. The minimum absolute atomic E-state index is 0.102. The highest BCUT2D eigenvalue weighted by atomic mass is 35.5. The average molecular weight is 452 g/mol. The van der Waals surface area contributed by atoms with Crippen LogP contribution in [0.5, 0.6) is 0 Å². The Labute approximate surface area is 189 Å². The molecule has 0 spiro atoms. The van der Waals surface area contributed by atoms with Crippen LogP contribution in [0.1, 0.15) is 6.42 Å². The second kappa shape index (κ2) is 9.25. The lowest BCUT2D eigenvalue weighted by atomic mass is 10.1. The van der Waals surface area contributed by atoms with Gasteiger partial charge in [-0.25, -0.2) is 4.98 Å². The zero-order chi connectivity index (χ0) is 22.7. The first-order valence-electron chi connectivity index (χ1n) is 10.00. The number of carbonyl (C=O) groups is 1. The van der Waals surface area contributed by atoms with Gasteiger partial charge in [0.15, 0.2) is 5.82 Å². The van der Waals surface area contributed by atoms with E-state index >= 15 is 0 Å². The molecule has 9 heteroatoms. The number of benzene rings is 2. The topological polar surface area (TPSA) is 112 Å². The second-order valence-electron chi connectivity index (χ2n) is 7.35. The second-order valence-corrected chi connectivity index (χ2v) is 7.73. The summed E-state index contributed by atoms with van der Waals surface area (Å²) < 4.78 is 1.69. The van der Waals surface area contributed by atoms with Crippen molar-refractivity contribution in [2.24, 2.45) is 7.05 Å². The quantitative estimate of drug-likeness (QED) is 0.316. The Hall–Kier alpha value is -3.62. The number of nitrogens with zero attached hydrogens (tertiary/aromatic N) is 3. The van der Waals surface area contributed by atoms with E-state index in [0.717, 1.165) is 16.6 Å². The number of pyridine rings is 1. The molecule has 0 amide bonds. The molecule has 4 aromatic rings. The van der Waals surface area contributed by atoms with Crippen molar-refractivity contribution >= 4 is 45.8 Å². The molecule has 0 aliphatic carbocycles. The molecule has 164 valence electrons. The van der Waals surface area contributed by atoms with Crippen LogP contribution in [0.15, 0.2) is 60.8 Å². The van der Waals surface area contributed by atoms with Gasteiger partial charge in [0.1, 0.15) is 5.52 Å². The molecule has 32 heavy (non-hydrogen) atoms. The largest absolute Gasteiger partial charge is 0.481 e. The minimum Gasteiger partial charge on any atom is -0.481 e. The van der Waals surface area contributed by atoms with Crippen molar-refractivity contribution in [3.8, 4) is 11.1 Å². The van der Waals surface area contributed by atoms with Crippen molar-refractivity contribution < 1.29 is 15.0 Å². The molecule has 0 aliphatic heterocycles. The van der Waals surface area contributed by atoms with E-state index in [0.29, 0.717) is 27.7 Å². The lowest BCUT2D eigenvalue weighted by molar-refractivity contribution is -0.138. The lowest BCUT2D eigenvalue weighted by Crippen LogP contribution is -2.22. The third kappa shape index (κ3) is 4.66. The number of hydrogen-bond acceptors (Lipinski definition) is 6. The first-order valence-corrected chi connectivity index (χ1v) is 10.4. The Bertz CT molecular complexity index is 1260. The van der Waals surface area contributed by atoms with Gasteiger partial charge in [0, 0.05) is 19.2 Å². The van der Waals surface area contributed by atoms with Gasteiger partial charge in [-0.05, 0) is 17.7 Å². The number of nitrogens with one attached hydrogen (secondary N) is 2. The Balaban J connectivity index is 1.58. The summed E-state index contributed by atoms with van der Waals surface area (Å²) in [5, 5.41) is 29.9. The van der Waals surface area contributed by atoms with Crippen molar-refractivity contribution in [2.45, 2.75) is 12.5 Å². The maximum atomic E-state index is 10.7. The summed E-state index contributed by atoms with van der Waals surface area (Å²) in [4.78, 5) is 15.2. The van der Waals surface area contributed by atoms with Crippen LogP contribution in [-0.4, -0.2) is 43.6 Å². The van der Waals surface area contributed by atoms with Gasteiger partial charge >= 0.3 is 5.97 Å². The first-order chi connectivity index (χ1) is 15.4. The number of aliphatic carboxylic acids is 1. The Morgan fingerprint density at radius 1 is 1.19 bits per heavy atom. The predicted molar refractivity (Wildman–Crippen MR) is 125 cm³/mol. The molecule has 0 radical (unpaired) electrons. The summed E-state index contributed by atoms with van der Waals surface area (Å²) in [6, 6.07) is 17.5. The molecular weight excluding hydrogens is 430 g/mol. The van der Waals surface area contributed by atoms with Gasteiger partial charge in [-0.3, -0.25) is 9.48 Å². The molecule has 1 atom stereocenters. The summed E-state index contributed by atoms with van der Waals surface area (Å²) >= 11 is 6.69. The number of rotatable bonds is 8. The zero-order valence-electron chi connectivity index (χ0n) is 17.3. The highest BCUT2D eigenvalue weighted by molar-refractivity contribution is 6.36. The van der Waals surface area contributed by atoms with Gasteiger partial charge in [-0.1, -0.05) is 54.1 Å². The maximum Gasteiger partial charge on any atom is 0.306 e. The van der Waals surface area contributed by atoms with Gasteiger partial charge in [0.25, 0.3) is 0 Å². The number of fused-ring (bicyclic) bond motifs is 1. The summed E-state index contributed by atoms with van der Waals surface area (Å²) in [7, 11) is 1.81. The van der Waals surface area contributed by atoms with E-state index in [1.54, 1.807) is 17.9 Å². The van der Waals surface area contributed by atoms with Crippen LogP contribution in [0.2, 0.25) is 5.02 Å². The molecule has 2 heterocycles. The monoisotopic (exact) mass is 451 g/mol. The van der Waals surface area contributed by atoms with E-state index in [1.165, 1.54) is 0 Å². The Kier molecular flexibility index (Phi) is 6.25. The van der Waals surface area contributed by atoms with Crippen LogP contribution >= 0.6 is 11.6 Å². The Morgan fingerprint density at radius 3 is 2.72 bits per heavy atom. The minimum atomic E-state index is -1.05. The molecule has 0 bridgehead atoms. The number of aryl methyl sites for hydroxylation is 1. The van der Waals surface area contributed by atoms with Crippen LogP contribution in [0.3, 0.4) is 0 Å². The van der Waals surface area contributed by atoms with Gasteiger partial charge in [0.2, 0.25) is 0 Å². The molecular formula is C23H22ClN5O3. The maximum absolute atomic E-state index is 10.7. The molecule has 4 N–H and O–H groups in total. The fourth-order valence-corrected chi connectivity index (χ4v) is 3.70. The molecule has 4 rings (SSSR count). The average Bonchev–Trinajstić information content (AvgIpc) is 3.08. The number of aromatic nitrogens is 3. The number of aliphatic hydroxyl groups excluding tert-OH is 1. The van der Waals surface area contributed by atoms with Crippen LogP contribution in [-0.2, 0) is 11.8 Å². The van der Waals surface area contributed by atoms with Gasteiger partial charge in [-0.15, -0.1) is 0 Å². The highest BCUT2D eigenvalue weighted by Crippen LogP contribution is 2.36. The summed E-state index contributed by atoms with van der Waals surface area (Å²) in [6.45, 7) is 0.102. The molecule has 0 aliphatic rings. The zero-order valence-corrected chi connectivity index (χ0v) is 18.0. The number of aliphatic hydroxyl groups is 1. The third-order valence-corrected chi connectivity index (χ3v) is 5.39. The first kappa shape index (κ1) is 21.6. The smallest absolute Gasteiger partial charge is 0.306 e. The standard InChI is InChI=1S/C23H22ClN5O3/c1-29-19-10-15(25-13-16(30)11-20(31)32)12-26-22(19)23(28-29)27-18-9-5-8-17(21(18)24)14-6-3-2-4-7-14/h2-10,12,16,25,30H,11,13H2,1H3,(H,27,28)(H,31,32). The molecule has 8 nitrogen and oxygen atoms in total. The van der Waals surface area contributed by atoms with Crippen LogP contribution < -0.4 is 10.6 Å². The molecule has 0 fully saturated rings.